The summed E-state index contributed by atoms with van der Waals surface area (Å²) in [7, 11) is 0. The van der Waals surface area contributed by atoms with Crippen LogP contribution in [0, 0.1) is 5.41 Å². The van der Waals surface area contributed by atoms with Gasteiger partial charge in [0.05, 0.1) is 18.9 Å². The van der Waals surface area contributed by atoms with Crippen molar-refractivity contribution in [3.63, 3.8) is 0 Å². The molecule has 0 aromatic carbocycles. The average Bonchev–Trinajstić information content (AvgIpc) is 3.21. The fourth-order valence-electron chi connectivity index (χ4n) is 4.40. The molecular formula is C20H26N2O3. The van der Waals surface area contributed by atoms with E-state index in [1.54, 1.807) is 12.4 Å². The Bertz CT molecular complexity index is 646. The number of carbonyl (C=O) groups excluding carboxylic acids is 1. The van der Waals surface area contributed by atoms with Crippen LogP contribution in [0.5, 0.6) is 5.75 Å². The number of hydrogen-bond acceptors (Lipinski definition) is 4. The van der Waals surface area contributed by atoms with Crippen LogP contribution in [0.25, 0.3) is 0 Å². The summed E-state index contributed by atoms with van der Waals surface area (Å²) in [5.41, 5.74) is 0.889. The molecule has 3 heterocycles. The van der Waals surface area contributed by atoms with Crippen molar-refractivity contribution < 1.29 is 14.3 Å². The van der Waals surface area contributed by atoms with Crippen molar-refractivity contribution in [1.82, 2.24) is 9.88 Å². The number of allylic oxidation sites excluding steroid dienone is 1. The molecule has 4 rings (SSSR count). The highest BCUT2D eigenvalue weighted by Crippen LogP contribution is 2.41. The van der Waals surface area contributed by atoms with Crippen molar-refractivity contribution in [3.8, 4) is 5.75 Å². The summed E-state index contributed by atoms with van der Waals surface area (Å²) in [4.78, 5) is 19.0. The second-order valence-corrected chi connectivity index (χ2v) is 7.44. The van der Waals surface area contributed by atoms with Crippen molar-refractivity contribution in [3.05, 3.63) is 36.2 Å². The van der Waals surface area contributed by atoms with E-state index in [1.165, 1.54) is 0 Å². The van der Waals surface area contributed by atoms with Gasteiger partial charge in [-0.3, -0.25) is 9.78 Å². The van der Waals surface area contributed by atoms with Gasteiger partial charge in [0.2, 0.25) is 5.91 Å². The Morgan fingerprint density at radius 2 is 2.40 bits per heavy atom. The molecule has 134 valence electrons. The molecule has 5 heteroatoms. The highest BCUT2D eigenvalue weighted by Gasteiger charge is 2.48. The van der Waals surface area contributed by atoms with Gasteiger partial charge in [0.25, 0.3) is 0 Å². The number of ether oxygens (including phenoxy) is 2. The lowest BCUT2D eigenvalue weighted by Crippen LogP contribution is -2.58. The quantitative estimate of drug-likeness (QED) is 0.844. The van der Waals surface area contributed by atoms with E-state index < -0.39 is 0 Å². The number of fused-ring (bicyclic) bond motifs is 1. The molecule has 1 aromatic heterocycles. The molecule has 1 amide bonds. The molecule has 0 N–H and O–H groups in total. The number of piperidine rings is 1. The van der Waals surface area contributed by atoms with Crippen LogP contribution in [0.1, 0.15) is 38.5 Å². The molecule has 5 nitrogen and oxygen atoms in total. The number of nitrogens with zero attached hydrogens (tertiary/aromatic N) is 2. The third kappa shape index (κ3) is 3.43. The smallest absolute Gasteiger partial charge is 0.249 e. The molecule has 2 saturated heterocycles. The lowest BCUT2D eigenvalue weighted by molar-refractivity contribution is -0.155. The minimum absolute atomic E-state index is 0.110. The second kappa shape index (κ2) is 7.16. The Morgan fingerprint density at radius 1 is 1.44 bits per heavy atom. The minimum atomic E-state index is -0.110. The van der Waals surface area contributed by atoms with Crippen LogP contribution in [0.15, 0.2) is 36.2 Å². The maximum atomic E-state index is 12.9. The summed E-state index contributed by atoms with van der Waals surface area (Å²) in [5.74, 6) is 1.01. The number of likely N-dealkylation sites (tertiary alicyclic amines) is 1. The number of amides is 1. The van der Waals surface area contributed by atoms with E-state index in [9.17, 15) is 4.79 Å². The van der Waals surface area contributed by atoms with Crippen LogP contribution in [-0.2, 0) is 9.53 Å². The predicted molar refractivity (Wildman–Crippen MR) is 94.3 cm³/mol. The number of pyridine rings is 1. The van der Waals surface area contributed by atoms with Crippen molar-refractivity contribution in [2.45, 2.75) is 44.6 Å². The molecule has 0 saturated carbocycles. The molecule has 2 fully saturated rings. The van der Waals surface area contributed by atoms with E-state index in [-0.39, 0.29) is 17.4 Å². The Labute approximate surface area is 149 Å². The maximum absolute atomic E-state index is 12.9. The van der Waals surface area contributed by atoms with E-state index in [0.717, 1.165) is 69.5 Å². The van der Waals surface area contributed by atoms with Gasteiger partial charge in [-0.1, -0.05) is 6.08 Å². The molecule has 1 aromatic rings. The van der Waals surface area contributed by atoms with Crippen LogP contribution < -0.4 is 4.74 Å². The number of carbonyl (C=O) groups is 1. The Balaban J connectivity index is 1.49. The normalized spacial score (nSPS) is 29.0. The Hall–Kier alpha value is -1.88. The fourth-order valence-corrected chi connectivity index (χ4v) is 4.40. The maximum Gasteiger partial charge on any atom is 0.249 e. The van der Waals surface area contributed by atoms with Gasteiger partial charge < -0.3 is 14.4 Å². The van der Waals surface area contributed by atoms with E-state index in [2.05, 4.69) is 11.1 Å². The third-order valence-electron chi connectivity index (χ3n) is 5.75. The lowest BCUT2D eigenvalue weighted by Gasteiger charge is -2.50. The number of aromatic nitrogens is 1. The molecule has 0 radical (unpaired) electrons. The highest BCUT2D eigenvalue weighted by atomic mass is 16.5. The monoisotopic (exact) mass is 342 g/mol. The van der Waals surface area contributed by atoms with Gasteiger partial charge in [0, 0.05) is 36.9 Å². The first-order valence-electron chi connectivity index (χ1n) is 9.40. The number of hydrogen-bond donors (Lipinski definition) is 0. The Morgan fingerprint density at radius 3 is 3.20 bits per heavy atom. The predicted octanol–water partition coefficient (Wildman–Crippen LogP) is 2.97. The van der Waals surface area contributed by atoms with Gasteiger partial charge in [-0.2, -0.15) is 0 Å². The van der Waals surface area contributed by atoms with Gasteiger partial charge in [-0.05, 0) is 50.7 Å². The molecule has 0 spiro atoms. The average molecular weight is 342 g/mol. The van der Waals surface area contributed by atoms with Gasteiger partial charge in [-0.15, -0.1) is 0 Å². The summed E-state index contributed by atoms with van der Waals surface area (Å²) in [5, 5.41) is 0. The van der Waals surface area contributed by atoms with Crippen molar-refractivity contribution in [1.29, 1.82) is 0 Å². The minimum Gasteiger partial charge on any atom is -0.491 e. The fraction of sp³-hybridized carbons (Fsp3) is 0.600. The van der Waals surface area contributed by atoms with Gasteiger partial charge in [0.15, 0.2) is 0 Å². The Kier molecular flexibility index (Phi) is 4.75. The highest BCUT2D eigenvalue weighted by molar-refractivity contribution is 5.93. The standard InChI is InChI=1S/C20H26N2O3/c23-19(16-5-1-2-6-16)22-11-8-18-20(14-22,9-4-12-24-18)15-25-17-7-3-10-21-13-17/h3,5,7,10,13,18H,1-2,4,6,8-9,11-12,14-15H2/t18-,20-/m0/s1. The van der Waals surface area contributed by atoms with Gasteiger partial charge in [-0.25, -0.2) is 0 Å². The van der Waals surface area contributed by atoms with E-state index in [1.807, 2.05) is 17.0 Å². The van der Waals surface area contributed by atoms with Crippen molar-refractivity contribution in [2.75, 3.05) is 26.3 Å². The van der Waals surface area contributed by atoms with E-state index in [0.29, 0.717) is 6.61 Å². The molecule has 2 aliphatic heterocycles. The lowest BCUT2D eigenvalue weighted by atomic mass is 9.73. The molecule has 1 aliphatic carbocycles. The van der Waals surface area contributed by atoms with E-state index >= 15 is 0 Å². The molecular weight excluding hydrogens is 316 g/mol. The van der Waals surface area contributed by atoms with Crippen molar-refractivity contribution >= 4 is 5.91 Å². The zero-order valence-corrected chi connectivity index (χ0v) is 14.7. The van der Waals surface area contributed by atoms with Crippen molar-refractivity contribution in [2.24, 2.45) is 5.41 Å². The summed E-state index contributed by atoms with van der Waals surface area (Å²) in [6, 6.07) is 3.81. The van der Waals surface area contributed by atoms with Crippen LogP contribution in [0.4, 0.5) is 0 Å². The number of rotatable bonds is 4. The van der Waals surface area contributed by atoms with Gasteiger partial charge in [0.1, 0.15) is 5.75 Å². The molecule has 0 unspecified atom stereocenters. The molecule has 2 atom stereocenters. The first-order chi connectivity index (χ1) is 12.3. The van der Waals surface area contributed by atoms with Crippen LogP contribution in [-0.4, -0.2) is 48.2 Å². The summed E-state index contributed by atoms with van der Waals surface area (Å²) in [6.45, 7) is 2.91. The first kappa shape index (κ1) is 16.6. The van der Waals surface area contributed by atoms with Crippen LogP contribution in [0.2, 0.25) is 0 Å². The zero-order valence-electron chi connectivity index (χ0n) is 14.7. The molecule has 25 heavy (non-hydrogen) atoms. The van der Waals surface area contributed by atoms with Gasteiger partial charge >= 0.3 is 0 Å². The van der Waals surface area contributed by atoms with Crippen LogP contribution >= 0.6 is 0 Å². The first-order valence-corrected chi connectivity index (χ1v) is 9.40. The summed E-state index contributed by atoms with van der Waals surface area (Å²) in [6.07, 6.45) is 11.8. The SMILES string of the molecule is O=C(C1=CCCC1)N1CC[C@@H]2OCCC[C@@]2(COc2cccnc2)C1. The zero-order chi connectivity index (χ0) is 17.1. The molecule has 0 bridgehead atoms. The topological polar surface area (TPSA) is 51.7 Å². The van der Waals surface area contributed by atoms with E-state index in [4.69, 9.17) is 9.47 Å². The largest absolute Gasteiger partial charge is 0.491 e. The van der Waals surface area contributed by atoms with Crippen LogP contribution in [0.3, 0.4) is 0 Å². The second-order valence-electron chi connectivity index (χ2n) is 7.44. The third-order valence-corrected chi connectivity index (χ3v) is 5.75. The summed E-state index contributed by atoms with van der Waals surface area (Å²) < 4.78 is 12.1. The molecule has 3 aliphatic rings. The summed E-state index contributed by atoms with van der Waals surface area (Å²) >= 11 is 0.